The molecule has 2 aromatic rings. The van der Waals surface area contributed by atoms with Gasteiger partial charge in [-0.1, -0.05) is 42.5 Å². The lowest BCUT2D eigenvalue weighted by atomic mass is 10.1. The topological polar surface area (TPSA) is 32.8 Å². The Morgan fingerprint density at radius 1 is 1.17 bits per heavy atom. The van der Waals surface area contributed by atoms with Gasteiger partial charge in [-0.2, -0.15) is 0 Å². The molecule has 2 aromatic carbocycles. The van der Waals surface area contributed by atoms with E-state index in [1.807, 2.05) is 60.4 Å². The number of ether oxygens (including phenoxy) is 1. The molecule has 3 rings (SSSR count). The van der Waals surface area contributed by atoms with Crippen molar-refractivity contribution in [3.8, 4) is 5.75 Å². The molecule has 1 amide bonds. The van der Waals surface area contributed by atoms with Gasteiger partial charge < -0.3 is 9.64 Å². The molecule has 0 aromatic heterocycles. The van der Waals surface area contributed by atoms with E-state index in [-0.39, 0.29) is 5.91 Å². The monoisotopic (exact) mass is 324 g/mol. The van der Waals surface area contributed by atoms with Crippen LogP contribution >= 0.6 is 0 Å². The van der Waals surface area contributed by atoms with E-state index in [0.717, 1.165) is 49.2 Å². The first-order valence-electron chi connectivity index (χ1n) is 8.45. The van der Waals surface area contributed by atoms with Crippen molar-refractivity contribution in [1.82, 2.24) is 9.80 Å². The molecule has 4 heteroatoms. The van der Waals surface area contributed by atoms with Gasteiger partial charge in [-0.25, -0.2) is 0 Å². The summed E-state index contributed by atoms with van der Waals surface area (Å²) in [6.07, 6.45) is 1.42. The lowest BCUT2D eigenvalue weighted by Gasteiger charge is -2.35. The van der Waals surface area contributed by atoms with Crippen molar-refractivity contribution >= 4 is 16.7 Å². The van der Waals surface area contributed by atoms with Gasteiger partial charge in [0.1, 0.15) is 5.75 Å². The van der Waals surface area contributed by atoms with Gasteiger partial charge >= 0.3 is 0 Å². The van der Waals surface area contributed by atoms with Crippen LogP contribution in [0.5, 0.6) is 5.75 Å². The summed E-state index contributed by atoms with van der Waals surface area (Å²) in [4.78, 5) is 16.9. The zero-order valence-electron chi connectivity index (χ0n) is 14.1. The van der Waals surface area contributed by atoms with Crippen molar-refractivity contribution in [3.05, 3.63) is 55.1 Å². The predicted octanol–water partition coefficient (Wildman–Crippen LogP) is 2.94. The molecule has 1 aliphatic heterocycles. The lowest BCUT2D eigenvalue weighted by Crippen LogP contribution is -2.51. The second-order valence-electron chi connectivity index (χ2n) is 6.15. The van der Waals surface area contributed by atoms with E-state index in [1.165, 1.54) is 0 Å². The van der Waals surface area contributed by atoms with E-state index >= 15 is 0 Å². The van der Waals surface area contributed by atoms with Crippen LogP contribution in [0.25, 0.3) is 10.8 Å². The third-order valence-electron chi connectivity index (χ3n) is 4.47. The number of hydrogen-bond acceptors (Lipinski definition) is 3. The summed E-state index contributed by atoms with van der Waals surface area (Å²) in [5, 5.41) is 2.16. The summed E-state index contributed by atoms with van der Waals surface area (Å²) in [5.74, 6) is 0.820. The van der Waals surface area contributed by atoms with Crippen LogP contribution in [0.3, 0.4) is 0 Å². The molecule has 0 aliphatic carbocycles. The van der Waals surface area contributed by atoms with Crippen LogP contribution in [0.4, 0.5) is 0 Å². The Hall–Kier alpha value is -2.33. The summed E-state index contributed by atoms with van der Waals surface area (Å²) in [6, 6.07) is 14.0. The van der Waals surface area contributed by atoms with Crippen molar-refractivity contribution < 1.29 is 9.53 Å². The first-order valence-corrected chi connectivity index (χ1v) is 8.45. The molecule has 0 bridgehead atoms. The van der Waals surface area contributed by atoms with E-state index in [4.69, 9.17) is 4.74 Å². The van der Waals surface area contributed by atoms with Crippen LogP contribution in [0.15, 0.2) is 55.1 Å². The van der Waals surface area contributed by atoms with Gasteiger partial charge in [0.15, 0.2) is 6.10 Å². The Morgan fingerprint density at radius 2 is 1.88 bits per heavy atom. The molecule has 126 valence electrons. The van der Waals surface area contributed by atoms with E-state index in [9.17, 15) is 4.79 Å². The van der Waals surface area contributed by atoms with Crippen LogP contribution in [0, 0.1) is 0 Å². The van der Waals surface area contributed by atoms with Crippen LogP contribution in [-0.2, 0) is 4.79 Å². The quantitative estimate of drug-likeness (QED) is 0.793. The van der Waals surface area contributed by atoms with Crippen molar-refractivity contribution in [1.29, 1.82) is 0 Å². The van der Waals surface area contributed by atoms with Crippen molar-refractivity contribution in [2.45, 2.75) is 13.0 Å². The fourth-order valence-corrected chi connectivity index (χ4v) is 3.13. The molecule has 0 N–H and O–H groups in total. The summed E-state index contributed by atoms with van der Waals surface area (Å²) in [7, 11) is 0. The molecular weight excluding hydrogens is 300 g/mol. The highest BCUT2D eigenvalue weighted by molar-refractivity contribution is 5.89. The van der Waals surface area contributed by atoms with Gasteiger partial charge in [-0.15, -0.1) is 6.58 Å². The maximum atomic E-state index is 12.7. The molecule has 1 fully saturated rings. The predicted molar refractivity (Wildman–Crippen MR) is 97.3 cm³/mol. The van der Waals surface area contributed by atoms with Gasteiger partial charge in [-0.3, -0.25) is 9.69 Å². The minimum atomic E-state index is -0.484. The molecule has 1 heterocycles. The van der Waals surface area contributed by atoms with E-state index in [0.29, 0.717) is 0 Å². The third-order valence-corrected chi connectivity index (χ3v) is 4.47. The molecule has 0 radical (unpaired) electrons. The van der Waals surface area contributed by atoms with Crippen LogP contribution in [-0.4, -0.2) is 54.5 Å². The summed E-state index contributed by atoms with van der Waals surface area (Å²) >= 11 is 0. The minimum Gasteiger partial charge on any atom is -0.480 e. The first-order chi connectivity index (χ1) is 11.7. The maximum Gasteiger partial charge on any atom is 0.263 e. The number of carbonyl (C=O) groups is 1. The van der Waals surface area contributed by atoms with Gasteiger partial charge in [0, 0.05) is 38.1 Å². The summed E-state index contributed by atoms with van der Waals surface area (Å²) in [6.45, 7) is 9.75. The highest BCUT2D eigenvalue weighted by atomic mass is 16.5. The first kappa shape index (κ1) is 16.5. The van der Waals surface area contributed by atoms with Gasteiger partial charge in [-0.05, 0) is 18.4 Å². The number of piperazine rings is 1. The minimum absolute atomic E-state index is 0.0567. The number of nitrogens with zero attached hydrogens (tertiary/aromatic N) is 2. The molecular formula is C20H24N2O2. The van der Waals surface area contributed by atoms with Crippen LogP contribution < -0.4 is 4.74 Å². The Kier molecular flexibility index (Phi) is 5.16. The molecule has 24 heavy (non-hydrogen) atoms. The third kappa shape index (κ3) is 3.60. The number of benzene rings is 2. The highest BCUT2D eigenvalue weighted by Crippen LogP contribution is 2.26. The number of amides is 1. The Labute approximate surface area is 143 Å². The van der Waals surface area contributed by atoms with Gasteiger partial charge in [0.2, 0.25) is 0 Å². The SMILES string of the molecule is C=CCN1CCN(C(=O)C(C)Oc2cccc3ccccc23)CC1. The van der Waals surface area contributed by atoms with Crippen LogP contribution in [0.1, 0.15) is 6.92 Å². The number of hydrogen-bond donors (Lipinski definition) is 0. The average molecular weight is 324 g/mol. The fourth-order valence-electron chi connectivity index (χ4n) is 3.13. The van der Waals surface area contributed by atoms with Crippen molar-refractivity contribution in [2.75, 3.05) is 32.7 Å². The highest BCUT2D eigenvalue weighted by Gasteiger charge is 2.25. The fraction of sp³-hybridized carbons (Fsp3) is 0.350. The number of carbonyl (C=O) groups excluding carboxylic acids is 1. The molecule has 1 aliphatic rings. The number of fused-ring (bicyclic) bond motifs is 1. The average Bonchev–Trinajstić information content (AvgIpc) is 2.62. The largest absolute Gasteiger partial charge is 0.480 e. The van der Waals surface area contributed by atoms with E-state index in [2.05, 4.69) is 11.5 Å². The smallest absolute Gasteiger partial charge is 0.263 e. The van der Waals surface area contributed by atoms with E-state index in [1.54, 1.807) is 0 Å². The standard InChI is InChI=1S/C20H24N2O2/c1-3-11-21-12-14-22(15-13-21)20(23)16(2)24-19-10-6-8-17-7-4-5-9-18(17)19/h3-10,16H,1,11-15H2,2H3. The van der Waals surface area contributed by atoms with Crippen molar-refractivity contribution in [3.63, 3.8) is 0 Å². The molecule has 1 saturated heterocycles. The van der Waals surface area contributed by atoms with Gasteiger partial charge in [0.25, 0.3) is 5.91 Å². The zero-order chi connectivity index (χ0) is 16.9. The molecule has 1 atom stereocenters. The molecule has 4 nitrogen and oxygen atoms in total. The maximum absolute atomic E-state index is 12.7. The van der Waals surface area contributed by atoms with E-state index < -0.39 is 6.10 Å². The summed E-state index contributed by atoms with van der Waals surface area (Å²) < 4.78 is 6.00. The zero-order valence-corrected chi connectivity index (χ0v) is 14.1. The lowest BCUT2D eigenvalue weighted by molar-refractivity contribution is -0.139. The summed E-state index contributed by atoms with van der Waals surface area (Å²) in [5.41, 5.74) is 0. The second kappa shape index (κ2) is 7.49. The molecule has 0 saturated carbocycles. The van der Waals surface area contributed by atoms with Crippen LogP contribution in [0.2, 0.25) is 0 Å². The Balaban J connectivity index is 1.65. The Bertz CT molecular complexity index is 715. The molecule has 1 unspecified atom stereocenters. The Morgan fingerprint density at radius 3 is 2.62 bits per heavy atom. The van der Waals surface area contributed by atoms with Gasteiger partial charge in [0.05, 0.1) is 0 Å². The normalized spacial score (nSPS) is 16.8. The second-order valence-corrected chi connectivity index (χ2v) is 6.15. The number of rotatable bonds is 5. The molecule has 0 spiro atoms. The van der Waals surface area contributed by atoms with Crippen molar-refractivity contribution in [2.24, 2.45) is 0 Å².